The fourth-order valence-electron chi connectivity index (χ4n) is 4.42. The first kappa shape index (κ1) is 19.3. The van der Waals surface area contributed by atoms with E-state index in [2.05, 4.69) is 89.8 Å². The number of nitrogens with zero attached hydrogens (tertiary/aromatic N) is 3. The van der Waals surface area contributed by atoms with Crippen LogP contribution in [0.15, 0.2) is 65.7 Å². The van der Waals surface area contributed by atoms with Crippen LogP contribution < -0.4 is 5.32 Å². The summed E-state index contributed by atoms with van der Waals surface area (Å²) in [6.07, 6.45) is 2.28. The van der Waals surface area contributed by atoms with Gasteiger partial charge in [-0.25, -0.2) is 4.99 Å². The Morgan fingerprint density at radius 3 is 2.73 bits per heavy atom. The third kappa shape index (κ3) is 3.87. The topological polar surface area (TPSA) is 30.9 Å². The number of nitrogens with one attached hydrogen (secondary N) is 1. The SMILES string of the molecule is Cc1cc2c(s1)Nc1ccccc1N=C2N1CCN(C)C(CCc2ccccc2)C1. The maximum atomic E-state index is 5.16. The van der Waals surface area contributed by atoms with Crippen molar-refractivity contribution in [3.8, 4) is 0 Å². The molecule has 0 radical (unpaired) electrons. The number of thiophene rings is 1. The van der Waals surface area contributed by atoms with Crippen LogP contribution in [0.4, 0.5) is 16.4 Å². The van der Waals surface area contributed by atoms with Gasteiger partial charge in [0.05, 0.1) is 16.9 Å². The number of likely N-dealkylation sites (N-methyl/N-ethyl adjacent to an activating group) is 1. The molecule has 1 N–H and O–H groups in total. The van der Waals surface area contributed by atoms with Crippen molar-refractivity contribution in [3.05, 3.63) is 76.7 Å². The summed E-state index contributed by atoms with van der Waals surface area (Å²) in [4.78, 5) is 11.5. The zero-order valence-corrected chi connectivity index (χ0v) is 18.5. The van der Waals surface area contributed by atoms with E-state index in [1.54, 1.807) is 0 Å². The predicted octanol–water partition coefficient (Wildman–Crippen LogP) is 5.44. The van der Waals surface area contributed by atoms with E-state index in [4.69, 9.17) is 4.99 Å². The van der Waals surface area contributed by atoms with Crippen LogP contribution in [0.3, 0.4) is 0 Å². The molecule has 0 saturated carbocycles. The summed E-state index contributed by atoms with van der Waals surface area (Å²) in [6.45, 7) is 5.26. The lowest BCUT2D eigenvalue weighted by Crippen LogP contribution is -2.53. The summed E-state index contributed by atoms with van der Waals surface area (Å²) in [6, 6.07) is 22.0. The van der Waals surface area contributed by atoms with Crippen LogP contribution in [0.1, 0.15) is 22.4 Å². The van der Waals surface area contributed by atoms with Gasteiger partial charge in [-0.05, 0) is 50.6 Å². The van der Waals surface area contributed by atoms with E-state index in [1.807, 2.05) is 11.3 Å². The first-order valence-corrected chi connectivity index (χ1v) is 11.5. The molecule has 1 saturated heterocycles. The Balaban J connectivity index is 1.42. The molecule has 2 aliphatic heterocycles. The number of para-hydroxylation sites is 2. The fourth-order valence-corrected chi connectivity index (χ4v) is 5.34. The summed E-state index contributed by atoms with van der Waals surface area (Å²) >= 11 is 1.81. The number of piperazine rings is 1. The van der Waals surface area contributed by atoms with Crippen molar-refractivity contribution in [2.75, 3.05) is 32.0 Å². The van der Waals surface area contributed by atoms with E-state index in [-0.39, 0.29) is 0 Å². The van der Waals surface area contributed by atoms with Crippen molar-refractivity contribution in [2.45, 2.75) is 25.8 Å². The van der Waals surface area contributed by atoms with E-state index < -0.39 is 0 Å². The van der Waals surface area contributed by atoms with E-state index in [9.17, 15) is 0 Å². The van der Waals surface area contributed by atoms with Crippen LogP contribution in [-0.4, -0.2) is 48.4 Å². The van der Waals surface area contributed by atoms with Crippen molar-refractivity contribution in [1.82, 2.24) is 9.80 Å². The van der Waals surface area contributed by atoms with Gasteiger partial charge < -0.3 is 10.2 Å². The molecule has 3 heterocycles. The molecule has 3 aromatic rings. The Morgan fingerprint density at radius 1 is 1.07 bits per heavy atom. The molecule has 1 fully saturated rings. The predicted molar refractivity (Wildman–Crippen MR) is 128 cm³/mol. The van der Waals surface area contributed by atoms with Crippen molar-refractivity contribution in [2.24, 2.45) is 4.99 Å². The molecule has 0 amide bonds. The third-order valence-corrected chi connectivity index (χ3v) is 7.13. The van der Waals surface area contributed by atoms with Crippen LogP contribution >= 0.6 is 11.3 Å². The van der Waals surface area contributed by atoms with Crippen LogP contribution in [0.5, 0.6) is 0 Å². The van der Waals surface area contributed by atoms with Crippen LogP contribution in [0, 0.1) is 6.92 Å². The number of hydrogen-bond acceptors (Lipinski definition) is 5. The minimum Gasteiger partial charge on any atom is -0.353 e. The van der Waals surface area contributed by atoms with E-state index in [0.29, 0.717) is 6.04 Å². The Bertz CT molecular complexity index is 1060. The number of fused-ring (bicyclic) bond motifs is 2. The standard InChI is InChI=1S/C25H28N4S/c1-18-16-21-24(26-22-10-6-7-11-23(22)27-25(21)30-18)29-15-14-28(2)20(17-29)13-12-19-8-4-3-5-9-19/h3-11,16,20,27H,12-15,17H2,1-2H3. The molecule has 0 aliphatic carbocycles. The van der Waals surface area contributed by atoms with E-state index >= 15 is 0 Å². The number of rotatable bonds is 3. The molecule has 0 spiro atoms. The number of amidine groups is 1. The van der Waals surface area contributed by atoms with Gasteiger partial charge in [0, 0.05) is 30.6 Å². The van der Waals surface area contributed by atoms with Crippen LogP contribution in [0.2, 0.25) is 0 Å². The molecular weight excluding hydrogens is 388 g/mol. The Labute approximate surface area is 182 Å². The zero-order chi connectivity index (χ0) is 20.5. The van der Waals surface area contributed by atoms with Crippen LogP contribution in [-0.2, 0) is 6.42 Å². The van der Waals surface area contributed by atoms with Gasteiger partial charge in [-0.1, -0.05) is 42.5 Å². The molecular formula is C25H28N4S. The van der Waals surface area contributed by atoms with Crippen molar-refractivity contribution in [1.29, 1.82) is 0 Å². The molecule has 30 heavy (non-hydrogen) atoms. The highest BCUT2D eigenvalue weighted by Crippen LogP contribution is 2.39. The smallest absolute Gasteiger partial charge is 0.139 e. The maximum absolute atomic E-state index is 5.16. The second-order valence-electron chi connectivity index (χ2n) is 8.28. The summed E-state index contributed by atoms with van der Waals surface area (Å²) in [5.74, 6) is 1.12. The minimum atomic E-state index is 0.524. The highest BCUT2D eigenvalue weighted by atomic mass is 32.1. The van der Waals surface area contributed by atoms with Crippen LogP contribution in [0.25, 0.3) is 0 Å². The average Bonchev–Trinajstić information content (AvgIpc) is 3.05. The highest BCUT2D eigenvalue weighted by molar-refractivity contribution is 7.16. The molecule has 1 aromatic heterocycles. The fraction of sp³-hybridized carbons (Fsp3) is 0.320. The van der Waals surface area contributed by atoms with Gasteiger partial charge in [-0.2, -0.15) is 0 Å². The van der Waals surface area contributed by atoms with Gasteiger partial charge in [0.2, 0.25) is 0 Å². The number of hydrogen-bond donors (Lipinski definition) is 1. The van der Waals surface area contributed by atoms with Gasteiger partial charge in [0.1, 0.15) is 10.8 Å². The van der Waals surface area contributed by atoms with Gasteiger partial charge in [0.25, 0.3) is 0 Å². The number of aliphatic imine (C=N–C) groups is 1. The Kier molecular flexibility index (Phi) is 5.32. The molecule has 1 unspecified atom stereocenters. The second-order valence-corrected chi connectivity index (χ2v) is 9.54. The van der Waals surface area contributed by atoms with E-state index in [1.165, 1.54) is 21.0 Å². The highest BCUT2D eigenvalue weighted by Gasteiger charge is 2.29. The lowest BCUT2D eigenvalue weighted by molar-refractivity contribution is 0.134. The Hall–Kier alpha value is -2.63. The summed E-state index contributed by atoms with van der Waals surface area (Å²) in [5, 5.41) is 4.83. The van der Waals surface area contributed by atoms with Gasteiger partial charge in [-0.15, -0.1) is 11.3 Å². The number of aryl methyl sites for hydroxylation is 2. The zero-order valence-electron chi connectivity index (χ0n) is 17.6. The summed E-state index contributed by atoms with van der Waals surface area (Å²) in [5.41, 5.74) is 4.77. The normalized spacial score (nSPS) is 18.8. The second kappa shape index (κ2) is 8.25. The lowest BCUT2D eigenvalue weighted by atomic mass is 10.0. The summed E-state index contributed by atoms with van der Waals surface area (Å²) in [7, 11) is 2.26. The maximum Gasteiger partial charge on any atom is 0.139 e. The largest absolute Gasteiger partial charge is 0.353 e. The van der Waals surface area contributed by atoms with Crippen molar-refractivity contribution < 1.29 is 0 Å². The average molecular weight is 417 g/mol. The number of anilines is 2. The van der Waals surface area contributed by atoms with Gasteiger partial charge in [-0.3, -0.25) is 4.90 Å². The molecule has 2 aliphatic rings. The van der Waals surface area contributed by atoms with E-state index in [0.717, 1.165) is 49.7 Å². The van der Waals surface area contributed by atoms with Crippen molar-refractivity contribution in [3.63, 3.8) is 0 Å². The quantitative estimate of drug-likeness (QED) is 0.617. The minimum absolute atomic E-state index is 0.524. The van der Waals surface area contributed by atoms with Gasteiger partial charge >= 0.3 is 0 Å². The molecule has 5 heteroatoms. The monoisotopic (exact) mass is 416 g/mol. The number of benzene rings is 2. The molecule has 4 nitrogen and oxygen atoms in total. The molecule has 1 atom stereocenters. The van der Waals surface area contributed by atoms with Crippen molar-refractivity contribution >= 4 is 33.5 Å². The molecule has 154 valence electrons. The van der Waals surface area contributed by atoms with Gasteiger partial charge in [0.15, 0.2) is 0 Å². The molecule has 0 bridgehead atoms. The molecule has 2 aromatic carbocycles. The summed E-state index contributed by atoms with van der Waals surface area (Å²) < 4.78 is 0. The molecule has 5 rings (SSSR count). The first-order chi connectivity index (χ1) is 14.7. The lowest BCUT2D eigenvalue weighted by Gasteiger charge is -2.41. The Morgan fingerprint density at radius 2 is 1.87 bits per heavy atom. The first-order valence-electron chi connectivity index (χ1n) is 10.7. The third-order valence-electron chi connectivity index (χ3n) is 6.16.